The quantitative estimate of drug-likeness (QED) is 0.0977. The molecule has 0 aliphatic heterocycles. The molecule has 0 atom stereocenters. The highest BCUT2D eigenvalue weighted by Gasteiger charge is 2.41. The van der Waals surface area contributed by atoms with Crippen molar-refractivity contribution in [3.8, 4) is 33.4 Å². The van der Waals surface area contributed by atoms with Crippen LogP contribution < -0.4 is 25.6 Å². The normalized spacial score (nSPS) is 11.6. The zero-order valence-electron chi connectivity index (χ0n) is 36.8. The maximum Gasteiger partial charge on any atom is 0.179 e. The van der Waals surface area contributed by atoms with E-state index in [1.54, 1.807) is 0 Å². The van der Waals surface area contributed by atoms with E-state index in [9.17, 15) is 0 Å². The van der Waals surface area contributed by atoms with E-state index in [0.29, 0.717) is 0 Å². The lowest BCUT2D eigenvalue weighted by Crippen LogP contribution is -2.74. The van der Waals surface area contributed by atoms with E-state index in [2.05, 4.69) is 278 Å². The fourth-order valence-corrected chi connectivity index (χ4v) is 16.1. The van der Waals surface area contributed by atoms with E-state index < -0.39 is 8.07 Å². The molecule has 0 amide bonds. The van der Waals surface area contributed by atoms with E-state index >= 15 is 0 Å². The first kappa shape index (κ1) is 40.4. The summed E-state index contributed by atoms with van der Waals surface area (Å²) in [5.74, 6) is 0. The molecule has 0 spiro atoms. The molecule has 0 N–H and O–H groups in total. The molecule has 0 radical (unpaired) electrons. The van der Waals surface area contributed by atoms with Crippen LogP contribution in [0.1, 0.15) is 0 Å². The molecular weight excluding hydrogens is 843 g/mol. The van der Waals surface area contributed by atoms with E-state index in [-0.39, 0.29) is 0 Å². The number of hydrogen-bond donors (Lipinski definition) is 0. The van der Waals surface area contributed by atoms with Gasteiger partial charge in [0.2, 0.25) is 0 Å². The number of rotatable bonds is 10. The molecular formula is C64H45NSSi. The van der Waals surface area contributed by atoms with Crippen LogP contribution in [0.25, 0.3) is 64.3 Å². The molecule has 1 heterocycles. The fourth-order valence-electron chi connectivity index (χ4n) is 10.2. The highest BCUT2D eigenvalue weighted by molar-refractivity contribution is 7.26. The smallest absolute Gasteiger partial charge is 0.179 e. The molecule has 11 aromatic carbocycles. The minimum absolute atomic E-state index is 1.11. The summed E-state index contributed by atoms with van der Waals surface area (Å²) in [7, 11) is -2.62. The van der Waals surface area contributed by atoms with Gasteiger partial charge in [0, 0.05) is 37.2 Å². The molecule has 0 bridgehead atoms. The summed E-state index contributed by atoms with van der Waals surface area (Å²) < 4.78 is 2.57. The van der Waals surface area contributed by atoms with E-state index in [1.807, 2.05) is 11.3 Å². The SMILES string of the molecule is c1ccc(-c2ccc3c(c2)sc2cc(N(c4ccc(-c5ccc([Si](c6ccccc6)(c6ccccc6)c6ccccc6)cc5)cc4)c4ccc(-c5cccc6ccccc56)cc4)ccc23)cc1. The molecule has 1 nitrogen and oxygen atoms in total. The Labute approximate surface area is 397 Å². The van der Waals surface area contributed by atoms with Gasteiger partial charge in [0.05, 0.1) is 0 Å². The lowest BCUT2D eigenvalue weighted by molar-refractivity contribution is 1.29. The monoisotopic (exact) mass is 887 g/mol. The summed E-state index contributed by atoms with van der Waals surface area (Å²) in [6.07, 6.45) is 0. The van der Waals surface area contributed by atoms with E-state index in [0.717, 1.165) is 17.1 Å². The zero-order valence-corrected chi connectivity index (χ0v) is 38.7. The Bertz CT molecular complexity index is 3540. The van der Waals surface area contributed by atoms with Crippen molar-refractivity contribution < 1.29 is 0 Å². The summed E-state index contributed by atoms with van der Waals surface area (Å²) >= 11 is 1.87. The molecule has 0 aliphatic rings. The predicted octanol–water partition coefficient (Wildman–Crippen LogP) is 15.1. The molecule has 0 aliphatic carbocycles. The van der Waals surface area contributed by atoms with Crippen LogP contribution in [0.2, 0.25) is 0 Å². The van der Waals surface area contributed by atoms with Gasteiger partial charge in [-0.05, 0) is 107 Å². The van der Waals surface area contributed by atoms with Crippen LogP contribution in [0.15, 0.2) is 273 Å². The zero-order chi connectivity index (χ0) is 44.6. The molecule has 12 aromatic rings. The minimum Gasteiger partial charge on any atom is -0.310 e. The molecule has 67 heavy (non-hydrogen) atoms. The number of thiophene rings is 1. The Balaban J connectivity index is 0.935. The summed E-state index contributed by atoms with van der Waals surface area (Å²) in [5.41, 5.74) is 10.6. The van der Waals surface area contributed by atoms with Crippen molar-refractivity contribution in [1.82, 2.24) is 0 Å². The molecule has 0 fully saturated rings. The Morgan fingerprint density at radius 2 is 0.687 bits per heavy atom. The third-order valence-electron chi connectivity index (χ3n) is 13.4. The minimum atomic E-state index is -2.62. The standard InChI is InChI=1S/C64H45NSSi/c1-5-16-46(17-6-1)51-34-42-61-62-43-39-54(45-64(62)66-63(61)44-51)65(53-37-30-50(31-38-53)60-27-15-19-49-18-13-14-26-59(49)60)52-35-28-47(29-36-52)48-32-40-58(41-33-48)67(55-20-7-2-8-21-55,56-22-9-3-10-23-56)57-24-11-4-12-25-57/h1-45H. The first-order valence-corrected chi connectivity index (χ1v) is 25.8. The van der Waals surface area contributed by atoms with Crippen LogP contribution in [-0.4, -0.2) is 8.07 Å². The van der Waals surface area contributed by atoms with Gasteiger partial charge in [-0.15, -0.1) is 11.3 Å². The maximum absolute atomic E-state index is 2.62. The Kier molecular flexibility index (Phi) is 10.5. The molecule has 316 valence electrons. The number of hydrogen-bond acceptors (Lipinski definition) is 2. The molecule has 0 unspecified atom stereocenters. The van der Waals surface area contributed by atoms with Gasteiger partial charge in [-0.2, -0.15) is 0 Å². The van der Waals surface area contributed by atoms with Crippen LogP contribution in [-0.2, 0) is 0 Å². The molecule has 3 heteroatoms. The Morgan fingerprint density at radius 3 is 1.28 bits per heavy atom. The lowest BCUT2D eigenvalue weighted by atomic mass is 9.98. The van der Waals surface area contributed by atoms with Crippen molar-refractivity contribution in [3.05, 3.63) is 273 Å². The first-order chi connectivity index (χ1) is 33.2. The van der Waals surface area contributed by atoms with Crippen LogP contribution >= 0.6 is 11.3 Å². The average molecular weight is 888 g/mol. The number of anilines is 3. The second-order valence-corrected chi connectivity index (χ2v) is 22.1. The van der Waals surface area contributed by atoms with Crippen LogP contribution in [0, 0.1) is 0 Å². The Hall–Kier alpha value is -8.08. The summed E-state index contributed by atoms with van der Waals surface area (Å²) in [4.78, 5) is 2.40. The Morgan fingerprint density at radius 1 is 0.269 bits per heavy atom. The fraction of sp³-hybridized carbons (Fsp3) is 0. The van der Waals surface area contributed by atoms with Gasteiger partial charge in [-0.1, -0.05) is 231 Å². The topological polar surface area (TPSA) is 3.24 Å². The average Bonchev–Trinajstić information content (AvgIpc) is 3.78. The number of nitrogens with zero attached hydrogens (tertiary/aromatic N) is 1. The molecule has 1 aromatic heterocycles. The van der Waals surface area contributed by atoms with Crippen molar-refractivity contribution in [3.63, 3.8) is 0 Å². The van der Waals surface area contributed by atoms with Crippen LogP contribution in [0.3, 0.4) is 0 Å². The van der Waals surface area contributed by atoms with Crippen molar-refractivity contribution >= 4 is 88.2 Å². The molecule has 0 saturated carbocycles. The highest BCUT2D eigenvalue weighted by Crippen LogP contribution is 2.42. The maximum atomic E-state index is 2.40. The van der Waals surface area contributed by atoms with Crippen LogP contribution in [0.5, 0.6) is 0 Å². The van der Waals surface area contributed by atoms with Crippen molar-refractivity contribution in [2.24, 2.45) is 0 Å². The molecule has 12 rings (SSSR count). The highest BCUT2D eigenvalue weighted by atomic mass is 32.1. The van der Waals surface area contributed by atoms with Gasteiger partial charge in [0.1, 0.15) is 0 Å². The van der Waals surface area contributed by atoms with Gasteiger partial charge in [0.15, 0.2) is 8.07 Å². The number of benzene rings is 11. The second-order valence-electron chi connectivity index (χ2n) is 17.2. The van der Waals surface area contributed by atoms with Crippen molar-refractivity contribution in [1.29, 1.82) is 0 Å². The van der Waals surface area contributed by atoms with Crippen molar-refractivity contribution in [2.45, 2.75) is 0 Å². The summed E-state index contributed by atoms with van der Waals surface area (Å²) in [6.45, 7) is 0. The van der Waals surface area contributed by atoms with Gasteiger partial charge < -0.3 is 4.90 Å². The predicted molar refractivity (Wildman–Crippen MR) is 291 cm³/mol. The van der Waals surface area contributed by atoms with Gasteiger partial charge in [-0.25, -0.2) is 0 Å². The van der Waals surface area contributed by atoms with E-state index in [1.165, 1.54) is 85.1 Å². The van der Waals surface area contributed by atoms with E-state index in [4.69, 9.17) is 0 Å². The lowest BCUT2D eigenvalue weighted by Gasteiger charge is -2.34. The molecule has 0 saturated heterocycles. The largest absolute Gasteiger partial charge is 0.310 e. The summed E-state index contributed by atoms with van der Waals surface area (Å²) in [5, 5.41) is 10.6. The van der Waals surface area contributed by atoms with Gasteiger partial charge in [0.25, 0.3) is 0 Å². The summed E-state index contributed by atoms with van der Waals surface area (Å²) in [6, 6.07) is 101. The second kappa shape index (κ2) is 17.4. The number of fused-ring (bicyclic) bond motifs is 4. The third-order valence-corrected chi connectivity index (χ3v) is 19.4. The van der Waals surface area contributed by atoms with Crippen LogP contribution in [0.4, 0.5) is 17.1 Å². The van der Waals surface area contributed by atoms with Gasteiger partial charge >= 0.3 is 0 Å². The van der Waals surface area contributed by atoms with Crippen molar-refractivity contribution in [2.75, 3.05) is 4.90 Å². The van der Waals surface area contributed by atoms with Gasteiger partial charge in [-0.3, -0.25) is 0 Å². The third kappa shape index (κ3) is 7.35. The first-order valence-electron chi connectivity index (χ1n) is 23.0.